The molecule has 0 aliphatic heterocycles. The number of rotatable bonds is 6. The third-order valence-corrected chi connectivity index (χ3v) is 3.22. The number of nitriles is 1. The molecule has 1 rings (SSSR count). The van der Waals surface area contributed by atoms with E-state index in [4.69, 9.17) is 38.3 Å². The molecule has 112 valence electrons. The van der Waals surface area contributed by atoms with Gasteiger partial charge in [-0.25, -0.2) is 4.79 Å². The van der Waals surface area contributed by atoms with E-state index in [9.17, 15) is 4.79 Å². The van der Waals surface area contributed by atoms with Crippen molar-refractivity contribution in [3.63, 3.8) is 0 Å². The van der Waals surface area contributed by atoms with Crippen LogP contribution >= 0.6 is 23.2 Å². The fraction of sp³-hybridized carbons (Fsp3) is 0.333. The summed E-state index contributed by atoms with van der Waals surface area (Å²) >= 11 is 12.0. The molecule has 0 spiro atoms. The molecule has 1 aromatic rings. The van der Waals surface area contributed by atoms with Gasteiger partial charge in [-0.3, -0.25) is 0 Å². The molecule has 0 aromatic heterocycles. The molecule has 0 atom stereocenters. The van der Waals surface area contributed by atoms with E-state index >= 15 is 0 Å². The van der Waals surface area contributed by atoms with E-state index in [-0.39, 0.29) is 6.61 Å². The van der Waals surface area contributed by atoms with Crippen LogP contribution in [-0.2, 0) is 4.79 Å². The van der Waals surface area contributed by atoms with Gasteiger partial charge in [0.05, 0.1) is 23.1 Å². The summed E-state index contributed by atoms with van der Waals surface area (Å²) in [7, 11) is 0. The molecule has 0 radical (unpaired) electrons. The molecule has 0 aliphatic carbocycles. The van der Waals surface area contributed by atoms with Gasteiger partial charge in [0, 0.05) is 16.7 Å². The second kappa shape index (κ2) is 7.35. The lowest BCUT2D eigenvalue weighted by Crippen LogP contribution is -2.13. The van der Waals surface area contributed by atoms with Crippen LogP contribution in [0.1, 0.15) is 25.8 Å². The second-order valence-corrected chi connectivity index (χ2v) is 5.92. The number of nitrogens with zero attached hydrogens (tertiary/aromatic N) is 1. The van der Waals surface area contributed by atoms with Gasteiger partial charge in [-0.05, 0) is 38.5 Å². The third kappa shape index (κ3) is 5.66. The average Bonchev–Trinajstić information content (AvgIpc) is 2.38. The Balaban J connectivity index is 2.95. The van der Waals surface area contributed by atoms with Crippen LogP contribution in [0.5, 0.6) is 5.75 Å². The molecule has 1 aromatic carbocycles. The Kier molecular flexibility index (Phi) is 6.07. The standard InChI is InChI=1S/C15H15Cl2NO3/c1-15(2,9-18)5-6-21-14-10(3-4-13(19)20)7-11(16)8-12(14)17/h3-4,7-8H,5-6H2,1-2H3,(H,19,20). The normalized spacial score (nSPS) is 11.4. The van der Waals surface area contributed by atoms with Crippen LogP contribution in [0.25, 0.3) is 6.08 Å². The van der Waals surface area contributed by atoms with Crippen LogP contribution in [0.3, 0.4) is 0 Å². The average molecular weight is 328 g/mol. The molecule has 0 amide bonds. The molecule has 1 N–H and O–H groups in total. The van der Waals surface area contributed by atoms with Gasteiger partial charge in [0.2, 0.25) is 0 Å². The Labute approximate surface area is 133 Å². The van der Waals surface area contributed by atoms with Crippen molar-refractivity contribution in [3.8, 4) is 11.8 Å². The summed E-state index contributed by atoms with van der Waals surface area (Å²) < 4.78 is 5.61. The van der Waals surface area contributed by atoms with Gasteiger partial charge in [-0.15, -0.1) is 0 Å². The van der Waals surface area contributed by atoms with Gasteiger partial charge in [0.15, 0.2) is 0 Å². The summed E-state index contributed by atoms with van der Waals surface area (Å²) in [5.41, 5.74) is -0.0275. The van der Waals surface area contributed by atoms with Gasteiger partial charge in [0.1, 0.15) is 5.75 Å². The maximum Gasteiger partial charge on any atom is 0.328 e. The zero-order valence-corrected chi connectivity index (χ0v) is 13.2. The van der Waals surface area contributed by atoms with Crippen molar-refractivity contribution < 1.29 is 14.6 Å². The number of carboxylic acids is 1. The van der Waals surface area contributed by atoms with Crippen LogP contribution in [0, 0.1) is 16.7 Å². The van der Waals surface area contributed by atoms with Crippen LogP contribution in [-0.4, -0.2) is 17.7 Å². The number of carboxylic acid groups (broad SMARTS) is 1. The van der Waals surface area contributed by atoms with E-state index in [1.54, 1.807) is 6.07 Å². The van der Waals surface area contributed by atoms with Gasteiger partial charge in [0.25, 0.3) is 0 Å². The Morgan fingerprint density at radius 2 is 2.14 bits per heavy atom. The molecule has 0 aliphatic rings. The van der Waals surface area contributed by atoms with Crippen molar-refractivity contribution in [1.82, 2.24) is 0 Å². The number of halogens is 2. The SMILES string of the molecule is CC(C)(C#N)CCOc1c(Cl)cc(Cl)cc1C=CC(=O)O. The molecule has 0 fully saturated rings. The highest BCUT2D eigenvalue weighted by Gasteiger charge is 2.17. The zero-order chi connectivity index (χ0) is 16.0. The Bertz CT molecular complexity index is 604. The maximum absolute atomic E-state index is 10.6. The first-order valence-electron chi connectivity index (χ1n) is 6.19. The number of carbonyl (C=O) groups is 1. The second-order valence-electron chi connectivity index (χ2n) is 5.07. The van der Waals surface area contributed by atoms with Crippen LogP contribution < -0.4 is 4.74 Å². The number of aliphatic carboxylic acids is 1. The maximum atomic E-state index is 10.6. The fourth-order valence-corrected chi connectivity index (χ4v) is 2.05. The van der Waals surface area contributed by atoms with Gasteiger partial charge in [-0.2, -0.15) is 5.26 Å². The van der Waals surface area contributed by atoms with Gasteiger partial charge < -0.3 is 9.84 Å². The highest BCUT2D eigenvalue weighted by atomic mass is 35.5. The highest BCUT2D eigenvalue weighted by molar-refractivity contribution is 6.35. The van der Waals surface area contributed by atoms with E-state index in [1.807, 2.05) is 13.8 Å². The lowest BCUT2D eigenvalue weighted by molar-refractivity contribution is -0.131. The van der Waals surface area contributed by atoms with E-state index in [0.29, 0.717) is 27.8 Å². The molecular weight excluding hydrogens is 313 g/mol. The Hall–Kier alpha value is -1.70. The van der Waals surface area contributed by atoms with Gasteiger partial charge >= 0.3 is 5.97 Å². The monoisotopic (exact) mass is 327 g/mol. The summed E-state index contributed by atoms with van der Waals surface area (Å²) in [6.45, 7) is 3.91. The lowest BCUT2D eigenvalue weighted by atomic mass is 9.92. The predicted octanol–water partition coefficient (Wildman–Crippen LogP) is 4.41. The minimum atomic E-state index is -1.08. The topological polar surface area (TPSA) is 70.3 Å². The molecule has 6 heteroatoms. The van der Waals surface area contributed by atoms with E-state index in [1.165, 1.54) is 12.1 Å². The number of benzene rings is 1. The lowest BCUT2D eigenvalue weighted by Gasteiger charge is -2.17. The highest BCUT2D eigenvalue weighted by Crippen LogP contribution is 2.34. The predicted molar refractivity (Wildman–Crippen MR) is 82.6 cm³/mol. The van der Waals surface area contributed by atoms with E-state index in [2.05, 4.69) is 6.07 Å². The van der Waals surface area contributed by atoms with Crippen molar-refractivity contribution >= 4 is 35.2 Å². The summed E-state index contributed by atoms with van der Waals surface area (Å²) in [6, 6.07) is 5.27. The largest absolute Gasteiger partial charge is 0.491 e. The molecule has 0 saturated heterocycles. The van der Waals surface area contributed by atoms with Crippen molar-refractivity contribution in [2.45, 2.75) is 20.3 Å². The minimum absolute atomic E-state index is 0.288. The van der Waals surface area contributed by atoms with Crippen LogP contribution in [0.4, 0.5) is 0 Å². The zero-order valence-electron chi connectivity index (χ0n) is 11.7. The molecule has 21 heavy (non-hydrogen) atoms. The first-order valence-corrected chi connectivity index (χ1v) is 6.95. The number of hydrogen-bond acceptors (Lipinski definition) is 3. The summed E-state index contributed by atoms with van der Waals surface area (Å²) in [5, 5.41) is 18.3. The van der Waals surface area contributed by atoms with Crippen LogP contribution in [0.15, 0.2) is 18.2 Å². The molecule has 0 heterocycles. The smallest absolute Gasteiger partial charge is 0.328 e. The van der Waals surface area contributed by atoms with Crippen molar-refractivity contribution in [1.29, 1.82) is 5.26 Å². The minimum Gasteiger partial charge on any atom is -0.491 e. The first-order chi connectivity index (χ1) is 9.75. The molecule has 0 saturated carbocycles. The van der Waals surface area contributed by atoms with E-state index < -0.39 is 11.4 Å². The summed E-state index contributed by atoms with van der Waals surface area (Å²) in [5.74, 6) is -0.727. The summed E-state index contributed by atoms with van der Waals surface area (Å²) in [6.07, 6.45) is 2.86. The quantitative estimate of drug-likeness (QED) is 0.785. The molecule has 4 nitrogen and oxygen atoms in total. The number of ether oxygens (including phenoxy) is 1. The number of hydrogen-bond donors (Lipinski definition) is 1. The fourth-order valence-electron chi connectivity index (χ4n) is 1.48. The Morgan fingerprint density at radius 1 is 1.48 bits per heavy atom. The van der Waals surface area contributed by atoms with Crippen LogP contribution in [0.2, 0.25) is 10.0 Å². The molecular formula is C15H15Cl2NO3. The van der Waals surface area contributed by atoms with E-state index in [0.717, 1.165) is 6.08 Å². The van der Waals surface area contributed by atoms with Crippen molar-refractivity contribution in [2.24, 2.45) is 5.41 Å². The molecule has 0 unspecified atom stereocenters. The van der Waals surface area contributed by atoms with Crippen molar-refractivity contribution in [3.05, 3.63) is 33.8 Å². The van der Waals surface area contributed by atoms with Gasteiger partial charge in [-0.1, -0.05) is 23.2 Å². The molecule has 0 bridgehead atoms. The third-order valence-electron chi connectivity index (χ3n) is 2.72. The first kappa shape index (κ1) is 17.4. The summed E-state index contributed by atoms with van der Waals surface area (Å²) in [4.78, 5) is 10.6. The Morgan fingerprint density at radius 3 is 2.71 bits per heavy atom. The van der Waals surface area contributed by atoms with Crippen molar-refractivity contribution in [2.75, 3.05) is 6.61 Å².